The van der Waals surface area contributed by atoms with E-state index in [0.29, 0.717) is 0 Å². The lowest BCUT2D eigenvalue weighted by atomic mass is 9.66. The molecule has 0 aliphatic heterocycles. The number of nitrogens with zero attached hydrogens (tertiary/aromatic N) is 1. The fourth-order valence-corrected chi connectivity index (χ4v) is 9.13. The minimum absolute atomic E-state index is 0.479. The molecule has 0 saturated heterocycles. The summed E-state index contributed by atoms with van der Waals surface area (Å²) in [6.07, 6.45) is 4.57. The van der Waals surface area contributed by atoms with E-state index in [4.69, 9.17) is 4.42 Å². The van der Waals surface area contributed by atoms with Gasteiger partial charge in [-0.2, -0.15) is 0 Å². The number of para-hydroxylation sites is 3. The highest BCUT2D eigenvalue weighted by atomic mass is 16.3. The lowest BCUT2D eigenvalue weighted by Gasteiger charge is -2.35. The van der Waals surface area contributed by atoms with Crippen LogP contribution in [0.4, 0.5) is 17.1 Å². The van der Waals surface area contributed by atoms with Gasteiger partial charge >= 0.3 is 0 Å². The van der Waals surface area contributed by atoms with Gasteiger partial charge in [0.1, 0.15) is 5.58 Å². The van der Waals surface area contributed by atoms with Gasteiger partial charge in [0.15, 0.2) is 5.58 Å². The maximum absolute atomic E-state index is 6.74. The van der Waals surface area contributed by atoms with E-state index in [0.717, 1.165) is 50.1 Å². The van der Waals surface area contributed by atoms with E-state index in [1.54, 1.807) is 0 Å². The molecule has 1 spiro atoms. The van der Waals surface area contributed by atoms with Gasteiger partial charge in [-0.15, -0.1) is 0 Å². The van der Waals surface area contributed by atoms with Crippen LogP contribution in [0, 0.1) is 0 Å². The molecule has 2 aliphatic rings. The maximum atomic E-state index is 6.74. The monoisotopic (exact) mass is 675 g/mol. The standard InChI is InChI=1S/C51H33NO/c1-2-15-34(16-3-1)38-19-7-12-26-47(38)52(48-27-14-22-41-40-21-8-13-28-49(40)53-50(41)48)37-31-32-46-42(33-37)39-20-6-11-25-45(39)51(46)43-23-9-4-17-35(43)29-30-36-18-5-10-24-44(36)51/h1-33H. The van der Waals surface area contributed by atoms with Crippen LogP contribution in [0.15, 0.2) is 192 Å². The highest BCUT2D eigenvalue weighted by molar-refractivity contribution is 6.11. The first-order valence-corrected chi connectivity index (χ1v) is 18.3. The molecule has 2 nitrogen and oxygen atoms in total. The molecule has 0 saturated carbocycles. The van der Waals surface area contributed by atoms with Crippen molar-refractivity contribution in [2.45, 2.75) is 5.41 Å². The molecule has 0 fully saturated rings. The minimum atomic E-state index is -0.479. The Morgan fingerprint density at radius 3 is 1.77 bits per heavy atom. The zero-order valence-corrected chi connectivity index (χ0v) is 28.9. The van der Waals surface area contributed by atoms with Crippen molar-refractivity contribution >= 4 is 51.2 Å². The zero-order chi connectivity index (χ0) is 34.9. The Bertz CT molecular complexity index is 2860. The van der Waals surface area contributed by atoms with E-state index < -0.39 is 5.41 Å². The fourth-order valence-electron chi connectivity index (χ4n) is 9.13. The van der Waals surface area contributed by atoms with Gasteiger partial charge in [-0.05, 0) is 80.4 Å². The number of fused-ring (bicyclic) bond motifs is 12. The number of hydrogen-bond donors (Lipinski definition) is 0. The minimum Gasteiger partial charge on any atom is -0.454 e. The lowest BCUT2D eigenvalue weighted by molar-refractivity contribution is 0.669. The Hall–Kier alpha value is -6.90. The molecule has 0 bridgehead atoms. The number of furan rings is 1. The smallest absolute Gasteiger partial charge is 0.159 e. The first-order chi connectivity index (χ1) is 26.3. The number of rotatable bonds is 4. The van der Waals surface area contributed by atoms with E-state index in [9.17, 15) is 0 Å². The van der Waals surface area contributed by atoms with E-state index in [1.807, 2.05) is 6.07 Å². The normalized spacial score (nSPS) is 13.4. The van der Waals surface area contributed by atoms with Gasteiger partial charge in [0.25, 0.3) is 0 Å². The maximum Gasteiger partial charge on any atom is 0.159 e. The second-order valence-corrected chi connectivity index (χ2v) is 14.0. The summed E-state index contributed by atoms with van der Waals surface area (Å²) in [5, 5.41) is 2.22. The summed E-state index contributed by atoms with van der Waals surface area (Å²) in [4.78, 5) is 2.40. The second kappa shape index (κ2) is 11.6. The largest absolute Gasteiger partial charge is 0.454 e. The highest BCUT2D eigenvalue weighted by Crippen LogP contribution is 2.59. The van der Waals surface area contributed by atoms with Gasteiger partial charge in [-0.25, -0.2) is 0 Å². The van der Waals surface area contributed by atoms with Gasteiger partial charge in [0, 0.05) is 22.0 Å². The van der Waals surface area contributed by atoms with Crippen molar-refractivity contribution in [3.05, 3.63) is 221 Å². The predicted octanol–water partition coefficient (Wildman–Crippen LogP) is 13.6. The van der Waals surface area contributed by atoms with E-state index >= 15 is 0 Å². The van der Waals surface area contributed by atoms with Crippen LogP contribution in [-0.4, -0.2) is 0 Å². The fraction of sp³-hybridized carbons (Fsp3) is 0.0196. The van der Waals surface area contributed by atoms with Crippen LogP contribution in [0.3, 0.4) is 0 Å². The molecular weight excluding hydrogens is 643 g/mol. The molecule has 9 aromatic rings. The summed E-state index contributed by atoms with van der Waals surface area (Å²) in [7, 11) is 0. The first-order valence-electron chi connectivity index (χ1n) is 18.3. The molecule has 8 aromatic carbocycles. The van der Waals surface area contributed by atoms with Crippen LogP contribution in [0.2, 0.25) is 0 Å². The van der Waals surface area contributed by atoms with Crippen LogP contribution in [0.25, 0.3) is 56.3 Å². The third-order valence-electron chi connectivity index (χ3n) is 11.3. The highest BCUT2D eigenvalue weighted by Gasteiger charge is 2.48. The summed E-state index contributed by atoms with van der Waals surface area (Å²) in [6, 6.07) is 68.2. The zero-order valence-electron chi connectivity index (χ0n) is 28.9. The molecule has 0 unspecified atom stereocenters. The number of hydrogen-bond acceptors (Lipinski definition) is 2. The molecule has 53 heavy (non-hydrogen) atoms. The number of benzene rings is 8. The molecule has 1 aromatic heterocycles. The van der Waals surface area contributed by atoms with E-state index in [2.05, 4.69) is 199 Å². The second-order valence-electron chi connectivity index (χ2n) is 14.0. The quantitative estimate of drug-likeness (QED) is 0.185. The Kier molecular flexibility index (Phi) is 6.50. The van der Waals surface area contributed by atoms with Gasteiger partial charge in [-0.3, -0.25) is 0 Å². The van der Waals surface area contributed by atoms with Crippen molar-refractivity contribution in [3.63, 3.8) is 0 Å². The van der Waals surface area contributed by atoms with E-state index in [1.165, 1.54) is 44.5 Å². The van der Waals surface area contributed by atoms with Crippen molar-refractivity contribution in [3.8, 4) is 22.3 Å². The average molecular weight is 676 g/mol. The van der Waals surface area contributed by atoms with Gasteiger partial charge < -0.3 is 9.32 Å². The average Bonchev–Trinajstić information content (AvgIpc) is 3.70. The predicted molar refractivity (Wildman–Crippen MR) is 220 cm³/mol. The Labute approximate surface area is 308 Å². The van der Waals surface area contributed by atoms with Crippen LogP contribution in [0.1, 0.15) is 33.4 Å². The van der Waals surface area contributed by atoms with Crippen molar-refractivity contribution in [1.29, 1.82) is 0 Å². The Morgan fingerprint density at radius 1 is 0.396 bits per heavy atom. The van der Waals surface area contributed by atoms with Crippen molar-refractivity contribution < 1.29 is 4.42 Å². The van der Waals surface area contributed by atoms with Gasteiger partial charge in [-0.1, -0.05) is 170 Å². The molecule has 0 radical (unpaired) electrons. The van der Waals surface area contributed by atoms with Crippen LogP contribution in [0.5, 0.6) is 0 Å². The third-order valence-corrected chi connectivity index (χ3v) is 11.3. The van der Waals surface area contributed by atoms with Crippen LogP contribution >= 0.6 is 0 Å². The summed E-state index contributed by atoms with van der Waals surface area (Å²) >= 11 is 0. The van der Waals surface area contributed by atoms with Crippen LogP contribution in [-0.2, 0) is 5.41 Å². The Balaban J connectivity index is 1.22. The lowest BCUT2D eigenvalue weighted by Crippen LogP contribution is -2.29. The summed E-state index contributed by atoms with van der Waals surface area (Å²) < 4.78 is 6.74. The summed E-state index contributed by atoms with van der Waals surface area (Å²) in [6.45, 7) is 0. The van der Waals surface area contributed by atoms with Crippen molar-refractivity contribution in [2.75, 3.05) is 4.90 Å². The molecule has 0 amide bonds. The molecule has 0 atom stereocenters. The van der Waals surface area contributed by atoms with Gasteiger partial charge in [0.2, 0.25) is 0 Å². The Morgan fingerprint density at radius 2 is 0.981 bits per heavy atom. The molecule has 248 valence electrons. The van der Waals surface area contributed by atoms with Gasteiger partial charge in [0.05, 0.1) is 16.8 Å². The molecule has 0 N–H and O–H groups in total. The third kappa shape index (κ3) is 4.27. The summed E-state index contributed by atoms with van der Waals surface area (Å²) in [5.74, 6) is 0. The SMILES string of the molecule is C1=Cc2ccccc2C2(c3ccccc31)c1ccccc1-c1cc(N(c3ccccc3-c3ccccc3)c3cccc4c3oc3ccccc34)ccc12. The van der Waals surface area contributed by atoms with Crippen molar-refractivity contribution in [1.82, 2.24) is 0 Å². The topological polar surface area (TPSA) is 16.4 Å². The molecule has 11 rings (SSSR count). The summed E-state index contributed by atoms with van der Waals surface area (Å²) in [5.41, 5.74) is 16.9. The molecular formula is C51H33NO. The van der Waals surface area contributed by atoms with Crippen LogP contribution < -0.4 is 4.90 Å². The number of anilines is 3. The molecule has 1 heterocycles. The molecule has 2 heteroatoms. The molecule has 2 aliphatic carbocycles. The first kappa shape index (κ1) is 29.8. The van der Waals surface area contributed by atoms with E-state index in [-0.39, 0.29) is 0 Å². The van der Waals surface area contributed by atoms with Crippen molar-refractivity contribution in [2.24, 2.45) is 0 Å².